The number of hydrogen-bond donors (Lipinski definition) is 2. The molecule has 2 heterocycles. The molecule has 0 aliphatic carbocycles. The van der Waals surface area contributed by atoms with Crippen LogP contribution in [-0.4, -0.2) is 82.9 Å². The third-order valence-corrected chi connectivity index (χ3v) is 4.59. The monoisotopic (exact) mass is 441 g/mol. The summed E-state index contributed by atoms with van der Waals surface area (Å²) in [6.07, 6.45) is 4.08. The molecule has 0 bridgehead atoms. The summed E-state index contributed by atoms with van der Waals surface area (Å²) in [6, 6.07) is 0. The minimum absolute atomic E-state index is 0. The Kier molecular flexibility index (Phi) is 14.7. The highest BCUT2D eigenvalue weighted by Gasteiger charge is 2.27. The average Bonchev–Trinajstić information content (AvgIpc) is 2.59. The molecular formula is C19H43N3O6S. The van der Waals surface area contributed by atoms with E-state index in [9.17, 15) is 13.2 Å². The summed E-state index contributed by atoms with van der Waals surface area (Å²) in [5.74, 6) is 0. The van der Waals surface area contributed by atoms with Crippen LogP contribution in [-0.2, 0) is 24.2 Å². The Balaban J connectivity index is 0. The van der Waals surface area contributed by atoms with Crippen LogP contribution in [0.1, 0.15) is 54.9 Å². The standard InChI is InChI=1S/C10H20N2O3.C7H15NO3S.2CH4/c1-10(2,3)15-9(13)12-4-5-14-8(6-11)7-12;1-12(9,10)8-6-7-4-2-3-5-11-7;;/h8H,4-7,11H2,1-3H3;7-8H,2-6H2,1H3;2*1H4/t8-;7-;;/m10../s1. The molecule has 0 saturated carbocycles. The van der Waals surface area contributed by atoms with Gasteiger partial charge >= 0.3 is 6.09 Å². The van der Waals surface area contributed by atoms with Gasteiger partial charge in [0.05, 0.1) is 31.6 Å². The summed E-state index contributed by atoms with van der Waals surface area (Å²) in [4.78, 5) is 13.3. The second kappa shape index (κ2) is 14.1. The number of morpholine rings is 1. The summed E-state index contributed by atoms with van der Waals surface area (Å²) in [6.45, 7) is 8.79. The number of hydrogen-bond acceptors (Lipinski definition) is 7. The van der Waals surface area contributed by atoms with E-state index >= 15 is 0 Å². The van der Waals surface area contributed by atoms with Crippen molar-refractivity contribution in [2.24, 2.45) is 5.73 Å². The summed E-state index contributed by atoms with van der Waals surface area (Å²) < 4.78 is 39.8. The number of carbonyl (C=O) groups is 1. The molecule has 0 aromatic carbocycles. The van der Waals surface area contributed by atoms with Gasteiger partial charge in [-0.1, -0.05) is 14.9 Å². The molecule has 0 aromatic rings. The molecule has 2 atom stereocenters. The van der Waals surface area contributed by atoms with Crippen molar-refractivity contribution in [2.45, 2.75) is 72.7 Å². The predicted molar refractivity (Wildman–Crippen MR) is 117 cm³/mol. The Labute approximate surface area is 177 Å². The smallest absolute Gasteiger partial charge is 0.410 e. The van der Waals surface area contributed by atoms with E-state index in [4.69, 9.17) is 19.9 Å². The lowest BCUT2D eigenvalue weighted by atomic mass is 10.1. The first kappa shape index (κ1) is 30.3. The van der Waals surface area contributed by atoms with Crippen molar-refractivity contribution in [1.82, 2.24) is 9.62 Å². The second-order valence-corrected chi connectivity index (χ2v) is 9.60. The van der Waals surface area contributed by atoms with E-state index in [1.807, 2.05) is 20.8 Å². The molecule has 1 amide bonds. The van der Waals surface area contributed by atoms with Gasteiger partial charge in [-0.3, -0.25) is 0 Å². The van der Waals surface area contributed by atoms with Gasteiger partial charge in [0.2, 0.25) is 10.0 Å². The molecule has 0 unspecified atom stereocenters. The van der Waals surface area contributed by atoms with Crippen molar-refractivity contribution in [3.63, 3.8) is 0 Å². The Bertz CT molecular complexity index is 545. The lowest BCUT2D eigenvalue weighted by Crippen LogP contribution is -2.49. The predicted octanol–water partition coefficient (Wildman–Crippen LogP) is 1.96. The van der Waals surface area contributed by atoms with Crippen LogP contribution in [0.4, 0.5) is 4.79 Å². The molecule has 29 heavy (non-hydrogen) atoms. The Morgan fingerprint density at radius 1 is 1.17 bits per heavy atom. The maximum absolute atomic E-state index is 11.7. The van der Waals surface area contributed by atoms with Crippen LogP contribution in [0.2, 0.25) is 0 Å². The van der Waals surface area contributed by atoms with E-state index in [0.717, 1.165) is 32.1 Å². The van der Waals surface area contributed by atoms with Gasteiger partial charge in [0.25, 0.3) is 0 Å². The lowest BCUT2D eigenvalue weighted by molar-refractivity contribution is -0.0384. The van der Waals surface area contributed by atoms with Gasteiger partial charge in [-0.15, -0.1) is 0 Å². The van der Waals surface area contributed by atoms with Crippen LogP contribution in [0.15, 0.2) is 0 Å². The highest BCUT2D eigenvalue weighted by Crippen LogP contribution is 2.13. The zero-order valence-electron chi connectivity index (χ0n) is 16.9. The zero-order valence-corrected chi connectivity index (χ0v) is 17.7. The lowest BCUT2D eigenvalue weighted by Gasteiger charge is -2.33. The highest BCUT2D eigenvalue weighted by atomic mass is 32.2. The third kappa shape index (κ3) is 14.6. The molecule has 0 spiro atoms. The maximum Gasteiger partial charge on any atom is 0.410 e. The molecule has 2 aliphatic heterocycles. The molecule has 9 nitrogen and oxygen atoms in total. The largest absolute Gasteiger partial charge is 0.444 e. The van der Waals surface area contributed by atoms with Crippen molar-refractivity contribution in [1.29, 1.82) is 0 Å². The normalized spacial score (nSPS) is 22.3. The highest BCUT2D eigenvalue weighted by molar-refractivity contribution is 7.88. The van der Waals surface area contributed by atoms with E-state index in [-0.39, 0.29) is 33.2 Å². The van der Waals surface area contributed by atoms with Crippen LogP contribution in [0, 0.1) is 0 Å². The number of amides is 1. The average molecular weight is 442 g/mol. The topological polar surface area (TPSA) is 120 Å². The van der Waals surface area contributed by atoms with Crippen LogP contribution in [0.5, 0.6) is 0 Å². The molecule has 2 aliphatic rings. The van der Waals surface area contributed by atoms with Crippen molar-refractivity contribution < 1.29 is 27.4 Å². The first-order chi connectivity index (χ1) is 12.5. The third-order valence-electron chi connectivity index (χ3n) is 3.90. The van der Waals surface area contributed by atoms with Crippen molar-refractivity contribution in [3.8, 4) is 0 Å². The first-order valence-corrected chi connectivity index (χ1v) is 11.2. The van der Waals surface area contributed by atoms with Gasteiger partial charge < -0.3 is 24.8 Å². The van der Waals surface area contributed by atoms with Crippen LogP contribution in [0.25, 0.3) is 0 Å². The van der Waals surface area contributed by atoms with E-state index in [1.54, 1.807) is 4.90 Å². The van der Waals surface area contributed by atoms with Gasteiger partial charge in [-0.25, -0.2) is 17.9 Å². The maximum atomic E-state index is 11.7. The Morgan fingerprint density at radius 3 is 2.28 bits per heavy atom. The summed E-state index contributed by atoms with van der Waals surface area (Å²) >= 11 is 0. The molecular weight excluding hydrogens is 398 g/mol. The quantitative estimate of drug-likeness (QED) is 0.684. The van der Waals surface area contributed by atoms with Crippen LogP contribution >= 0.6 is 0 Å². The number of sulfonamides is 1. The summed E-state index contributed by atoms with van der Waals surface area (Å²) in [5, 5.41) is 0. The summed E-state index contributed by atoms with van der Waals surface area (Å²) in [5.41, 5.74) is 5.04. The van der Waals surface area contributed by atoms with Crippen molar-refractivity contribution >= 4 is 16.1 Å². The number of ether oxygens (including phenoxy) is 3. The van der Waals surface area contributed by atoms with Gasteiger partial charge in [-0.2, -0.15) is 0 Å². The van der Waals surface area contributed by atoms with Crippen molar-refractivity contribution in [3.05, 3.63) is 0 Å². The number of carbonyl (C=O) groups excluding carboxylic acids is 1. The molecule has 2 rings (SSSR count). The van der Waals surface area contributed by atoms with E-state index in [0.29, 0.717) is 32.8 Å². The molecule has 10 heteroatoms. The van der Waals surface area contributed by atoms with Gasteiger partial charge in [-0.05, 0) is 40.0 Å². The van der Waals surface area contributed by atoms with E-state index in [2.05, 4.69) is 4.72 Å². The van der Waals surface area contributed by atoms with Crippen LogP contribution < -0.4 is 10.5 Å². The number of rotatable bonds is 4. The minimum atomic E-state index is -3.05. The van der Waals surface area contributed by atoms with Crippen LogP contribution in [0.3, 0.4) is 0 Å². The number of nitrogens with zero attached hydrogens (tertiary/aromatic N) is 1. The molecule has 0 aromatic heterocycles. The van der Waals surface area contributed by atoms with Crippen molar-refractivity contribution in [2.75, 3.05) is 45.6 Å². The Hall–Kier alpha value is -0.940. The second-order valence-electron chi connectivity index (χ2n) is 7.76. The number of nitrogens with one attached hydrogen (secondary N) is 1. The van der Waals surface area contributed by atoms with Gasteiger partial charge in [0, 0.05) is 26.2 Å². The van der Waals surface area contributed by atoms with Gasteiger partial charge in [0.1, 0.15) is 5.60 Å². The fourth-order valence-corrected chi connectivity index (χ4v) is 3.06. The molecule has 2 saturated heterocycles. The minimum Gasteiger partial charge on any atom is -0.444 e. The number of nitrogens with two attached hydrogens (primary N) is 1. The molecule has 2 fully saturated rings. The molecule has 3 N–H and O–H groups in total. The summed E-state index contributed by atoms with van der Waals surface area (Å²) in [7, 11) is -3.05. The first-order valence-electron chi connectivity index (χ1n) is 9.36. The van der Waals surface area contributed by atoms with Gasteiger partial charge in [0.15, 0.2) is 0 Å². The fraction of sp³-hybridized carbons (Fsp3) is 0.947. The van der Waals surface area contributed by atoms with E-state index in [1.165, 1.54) is 0 Å². The SMILES string of the molecule is C.C.CC(C)(C)OC(=O)N1CCO[C@H](CN)C1.CS(=O)(=O)NC[C@@H]1CCCCO1. The Morgan fingerprint density at radius 2 is 1.79 bits per heavy atom. The molecule has 0 radical (unpaired) electrons. The molecule has 176 valence electrons. The fourth-order valence-electron chi connectivity index (χ4n) is 2.57. The van der Waals surface area contributed by atoms with E-state index < -0.39 is 15.6 Å². The zero-order chi connectivity index (χ0) is 20.5.